The fraction of sp³-hybridized carbons (Fsp3) is 0.423. The molecule has 5 nitrogen and oxygen atoms in total. The highest BCUT2D eigenvalue weighted by atomic mass is 35.5. The van der Waals surface area contributed by atoms with E-state index in [2.05, 4.69) is 4.90 Å². The molecule has 1 saturated heterocycles. The summed E-state index contributed by atoms with van der Waals surface area (Å²) in [6.45, 7) is 4.44. The Morgan fingerprint density at radius 1 is 1.06 bits per heavy atom. The summed E-state index contributed by atoms with van der Waals surface area (Å²) in [7, 11) is 1.66. The Hall–Kier alpha value is -2.50. The van der Waals surface area contributed by atoms with Gasteiger partial charge < -0.3 is 14.4 Å². The number of likely N-dealkylation sites (tertiary alicyclic amines) is 1. The van der Waals surface area contributed by atoms with Crippen molar-refractivity contribution >= 4 is 29.3 Å². The number of fused-ring (bicyclic) bond motifs is 1. The zero-order valence-corrected chi connectivity index (χ0v) is 19.4. The fourth-order valence-electron chi connectivity index (χ4n) is 4.40. The number of ether oxygens (including phenoxy) is 2. The Morgan fingerprint density at radius 3 is 2.59 bits per heavy atom. The van der Waals surface area contributed by atoms with E-state index in [4.69, 9.17) is 21.1 Å². The van der Waals surface area contributed by atoms with Crippen LogP contribution in [0.4, 0.5) is 5.69 Å². The van der Waals surface area contributed by atoms with Crippen LogP contribution in [0.15, 0.2) is 42.5 Å². The van der Waals surface area contributed by atoms with E-state index in [0.29, 0.717) is 23.9 Å². The van der Waals surface area contributed by atoms with Crippen molar-refractivity contribution in [3.05, 3.63) is 58.6 Å². The van der Waals surface area contributed by atoms with E-state index in [1.807, 2.05) is 36.4 Å². The first kappa shape index (κ1) is 22.7. The van der Waals surface area contributed by atoms with Crippen LogP contribution < -0.4 is 14.4 Å². The summed E-state index contributed by atoms with van der Waals surface area (Å²) >= 11 is 6.21. The first-order chi connectivity index (χ1) is 15.7. The molecule has 2 heterocycles. The predicted molar refractivity (Wildman–Crippen MR) is 130 cm³/mol. The molecule has 0 saturated carbocycles. The van der Waals surface area contributed by atoms with Crippen molar-refractivity contribution in [1.29, 1.82) is 0 Å². The second kappa shape index (κ2) is 10.9. The van der Waals surface area contributed by atoms with Gasteiger partial charge in [0.05, 0.1) is 12.8 Å². The monoisotopic (exact) mass is 454 g/mol. The van der Waals surface area contributed by atoms with Crippen LogP contribution in [0.1, 0.15) is 36.8 Å². The largest absolute Gasteiger partial charge is 0.493 e. The molecule has 1 amide bonds. The van der Waals surface area contributed by atoms with Crippen LogP contribution in [0.3, 0.4) is 0 Å². The van der Waals surface area contributed by atoms with Crippen molar-refractivity contribution < 1.29 is 14.3 Å². The maximum absolute atomic E-state index is 12.9. The molecule has 170 valence electrons. The normalized spacial score (nSPS) is 16.8. The number of hydrogen-bond donors (Lipinski definition) is 0. The molecule has 0 spiro atoms. The van der Waals surface area contributed by atoms with Gasteiger partial charge in [-0.15, -0.1) is 0 Å². The van der Waals surface area contributed by atoms with E-state index in [1.54, 1.807) is 24.2 Å². The first-order valence-electron chi connectivity index (χ1n) is 11.5. The number of nitrogens with zero attached hydrogens (tertiary/aromatic N) is 2. The molecule has 0 unspecified atom stereocenters. The van der Waals surface area contributed by atoms with Crippen molar-refractivity contribution in [2.75, 3.05) is 44.8 Å². The molecule has 0 bridgehead atoms. The fourth-order valence-corrected chi connectivity index (χ4v) is 4.60. The highest BCUT2D eigenvalue weighted by Gasteiger charge is 2.26. The van der Waals surface area contributed by atoms with Crippen LogP contribution in [0.5, 0.6) is 11.5 Å². The van der Waals surface area contributed by atoms with Gasteiger partial charge in [-0.25, -0.2) is 0 Å². The second-order valence-corrected chi connectivity index (χ2v) is 8.74. The van der Waals surface area contributed by atoms with Crippen LogP contribution in [0.25, 0.3) is 6.08 Å². The van der Waals surface area contributed by atoms with Crippen LogP contribution >= 0.6 is 11.6 Å². The zero-order chi connectivity index (χ0) is 22.3. The maximum atomic E-state index is 12.9. The lowest BCUT2D eigenvalue weighted by Crippen LogP contribution is -2.29. The smallest absolute Gasteiger partial charge is 0.251 e. The van der Waals surface area contributed by atoms with E-state index in [0.717, 1.165) is 48.6 Å². The van der Waals surface area contributed by atoms with Gasteiger partial charge in [-0.3, -0.25) is 9.69 Å². The Bertz CT molecular complexity index is 968. The number of carbonyl (C=O) groups is 1. The minimum absolute atomic E-state index is 0.0654. The first-order valence-corrected chi connectivity index (χ1v) is 11.8. The second-order valence-electron chi connectivity index (χ2n) is 8.33. The number of halogens is 1. The minimum Gasteiger partial charge on any atom is -0.493 e. The van der Waals surface area contributed by atoms with Crippen molar-refractivity contribution in [3.63, 3.8) is 0 Å². The highest BCUT2D eigenvalue weighted by Crippen LogP contribution is 2.39. The van der Waals surface area contributed by atoms with Crippen LogP contribution in [-0.2, 0) is 11.2 Å². The van der Waals surface area contributed by atoms with Crippen LogP contribution in [0, 0.1) is 0 Å². The van der Waals surface area contributed by atoms with E-state index >= 15 is 0 Å². The minimum atomic E-state index is -0.0654. The molecule has 2 aliphatic rings. The summed E-state index contributed by atoms with van der Waals surface area (Å²) < 4.78 is 11.7. The summed E-state index contributed by atoms with van der Waals surface area (Å²) in [5, 5.41) is 0.628. The maximum Gasteiger partial charge on any atom is 0.251 e. The van der Waals surface area contributed by atoms with Gasteiger partial charge in [0.25, 0.3) is 5.91 Å². The van der Waals surface area contributed by atoms with Gasteiger partial charge in [-0.1, -0.05) is 42.6 Å². The van der Waals surface area contributed by atoms with Crippen LogP contribution in [-0.4, -0.2) is 50.7 Å². The van der Waals surface area contributed by atoms with Crippen molar-refractivity contribution in [3.8, 4) is 11.5 Å². The molecule has 0 radical (unpaired) electrons. The number of methoxy groups -OCH3 is 1. The lowest BCUT2D eigenvalue weighted by atomic mass is 10.1. The lowest BCUT2D eigenvalue weighted by Gasteiger charge is -2.21. The number of amides is 1. The SMILES string of the molecule is COc1cc2c(cc1OCCN1CCCCCC1)N(C(=O)/C=C/c1ccccc1Cl)CC2. The van der Waals surface area contributed by atoms with Gasteiger partial charge in [0.2, 0.25) is 0 Å². The molecule has 4 rings (SSSR count). The van der Waals surface area contributed by atoms with Gasteiger partial charge in [0, 0.05) is 30.3 Å². The van der Waals surface area contributed by atoms with E-state index in [1.165, 1.54) is 25.7 Å². The molecule has 0 N–H and O–H groups in total. The Balaban J connectivity index is 1.45. The highest BCUT2D eigenvalue weighted by molar-refractivity contribution is 6.32. The zero-order valence-electron chi connectivity index (χ0n) is 18.7. The van der Waals surface area contributed by atoms with Gasteiger partial charge in [-0.05, 0) is 61.7 Å². The number of rotatable bonds is 7. The predicted octanol–water partition coefficient (Wildman–Crippen LogP) is 5.21. The quantitative estimate of drug-likeness (QED) is 0.539. The average molecular weight is 455 g/mol. The third-order valence-corrected chi connectivity index (χ3v) is 6.55. The summed E-state index contributed by atoms with van der Waals surface area (Å²) in [5.74, 6) is 1.35. The van der Waals surface area contributed by atoms with Gasteiger partial charge in [-0.2, -0.15) is 0 Å². The number of benzene rings is 2. The number of carbonyl (C=O) groups excluding carboxylic acids is 1. The summed E-state index contributed by atoms with van der Waals surface area (Å²) in [6.07, 6.45) is 9.33. The molecule has 2 aliphatic heterocycles. The molecule has 2 aromatic carbocycles. The van der Waals surface area contributed by atoms with Gasteiger partial charge >= 0.3 is 0 Å². The van der Waals surface area contributed by atoms with Crippen molar-refractivity contribution in [2.45, 2.75) is 32.1 Å². The average Bonchev–Trinajstić information content (AvgIpc) is 3.03. The molecule has 0 aliphatic carbocycles. The third kappa shape index (κ3) is 5.45. The molecule has 2 aromatic rings. The Labute approximate surface area is 195 Å². The summed E-state index contributed by atoms with van der Waals surface area (Å²) in [6, 6.07) is 11.4. The van der Waals surface area contributed by atoms with Crippen LogP contribution in [0.2, 0.25) is 5.02 Å². The van der Waals surface area contributed by atoms with E-state index < -0.39 is 0 Å². The summed E-state index contributed by atoms with van der Waals surface area (Å²) in [4.78, 5) is 17.2. The molecule has 0 atom stereocenters. The van der Waals surface area contributed by atoms with Crippen molar-refractivity contribution in [2.24, 2.45) is 0 Å². The van der Waals surface area contributed by atoms with Gasteiger partial charge in [0.15, 0.2) is 11.5 Å². The molecular formula is C26H31ClN2O3. The molecule has 6 heteroatoms. The molecule has 0 aromatic heterocycles. The van der Waals surface area contributed by atoms with E-state index in [9.17, 15) is 4.79 Å². The van der Waals surface area contributed by atoms with Gasteiger partial charge in [0.1, 0.15) is 6.61 Å². The molecular weight excluding hydrogens is 424 g/mol. The standard InChI is InChI=1S/C26H31ClN2O3/c1-31-24-18-21-12-15-29(26(30)11-10-20-8-4-5-9-22(20)27)23(21)19-25(24)32-17-16-28-13-6-2-3-7-14-28/h4-5,8-11,18-19H,2-3,6-7,12-17H2,1H3/b11-10+. The topological polar surface area (TPSA) is 42.0 Å². The Kier molecular flexibility index (Phi) is 7.72. The number of anilines is 1. The number of hydrogen-bond acceptors (Lipinski definition) is 4. The van der Waals surface area contributed by atoms with Crippen molar-refractivity contribution in [1.82, 2.24) is 4.90 Å². The van der Waals surface area contributed by atoms with E-state index in [-0.39, 0.29) is 5.91 Å². The molecule has 32 heavy (non-hydrogen) atoms. The Morgan fingerprint density at radius 2 is 1.84 bits per heavy atom. The third-order valence-electron chi connectivity index (χ3n) is 6.20. The lowest BCUT2D eigenvalue weighted by molar-refractivity contribution is -0.114. The molecule has 1 fully saturated rings. The summed E-state index contributed by atoms with van der Waals surface area (Å²) in [5.41, 5.74) is 2.82.